The first kappa shape index (κ1) is 9.12. The smallest absolute Gasteiger partial charge is 0.181 e. The summed E-state index contributed by atoms with van der Waals surface area (Å²) >= 11 is 5.06. The third-order valence-corrected chi connectivity index (χ3v) is 3.92. The highest BCUT2D eigenvalue weighted by Crippen LogP contribution is 2.33. The maximum absolute atomic E-state index is 5.72. The van der Waals surface area contributed by atoms with Gasteiger partial charge >= 0.3 is 0 Å². The summed E-state index contributed by atoms with van der Waals surface area (Å²) < 4.78 is 2.23. The van der Waals surface area contributed by atoms with Crippen molar-refractivity contribution in [2.45, 2.75) is 0 Å². The minimum atomic E-state index is 0.623. The Bertz CT molecular complexity index is 660. The van der Waals surface area contributed by atoms with E-state index in [-0.39, 0.29) is 0 Å². The molecular formula is C11H7BrN2S. The van der Waals surface area contributed by atoms with Crippen LogP contribution in [0.25, 0.3) is 21.0 Å². The van der Waals surface area contributed by atoms with E-state index in [9.17, 15) is 0 Å². The van der Waals surface area contributed by atoms with E-state index in [2.05, 4.69) is 39.1 Å². The average molecular weight is 279 g/mol. The Hall–Kier alpha value is -1.13. The van der Waals surface area contributed by atoms with Gasteiger partial charge in [0, 0.05) is 9.86 Å². The van der Waals surface area contributed by atoms with Gasteiger partial charge in [-0.05, 0) is 17.5 Å². The van der Waals surface area contributed by atoms with E-state index in [4.69, 9.17) is 5.73 Å². The van der Waals surface area contributed by atoms with Crippen LogP contribution in [0.15, 0.2) is 34.8 Å². The van der Waals surface area contributed by atoms with Gasteiger partial charge in [-0.2, -0.15) is 0 Å². The molecule has 3 rings (SSSR count). The first-order chi connectivity index (χ1) is 7.25. The zero-order valence-electron chi connectivity index (χ0n) is 7.70. The predicted molar refractivity (Wildman–Crippen MR) is 69.2 cm³/mol. The maximum atomic E-state index is 5.72. The van der Waals surface area contributed by atoms with Gasteiger partial charge in [0.2, 0.25) is 0 Å². The lowest BCUT2D eigenvalue weighted by Gasteiger charge is -2.00. The van der Waals surface area contributed by atoms with Gasteiger partial charge in [0.05, 0.1) is 10.2 Å². The number of hydrogen-bond acceptors (Lipinski definition) is 3. The van der Waals surface area contributed by atoms with Gasteiger partial charge in [0.15, 0.2) is 5.13 Å². The molecule has 2 N–H and O–H groups in total. The van der Waals surface area contributed by atoms with E-state index in [1.807, 2.05) is 12.1 Å². The molecule has 0 atom stereocenters. The number of nitrogens with two attached hydrogens (primary N) is 1. The summed E-state index contributed by atoms with van der Waals surface area (Å²) in [5.41, 5.74) is 6.71. The van der Waals surface area contributed by atoms with E-state index in [0.717, 1.165) is 20.1 Å². The van der Waals surface area contributed by atoms with Crippen LogP contribution in [-0.2, 0) is 0 Å². The number of fused-ring (bicyclic) bond motifs is 3. The number of rotatable bonds is 0. The van der Waals surface area contributed by atoms with E-state index in [1.54, 1.807) is 0 Å². The Labute approximate surface area is 98.9 Å². The van der Waals surface area contributed by atoms with Gasteiger partial charge in [0.1, 0.15) is 0 Å². The third-order valence-electron chi connectivity index (χ3n) is 2.38. The molecule has 2 aromatic carbocycles. The molecule has 0 fully saturated rings. The zero-order chi connectivity index (χ0) is 10.4. The van der Waals surface area contributed by atoms with E-state index < -0.39 is 0 Å². The minimum Gasteiger partial charge on any atom is -0.375 e. The minimum absolute atomic E-state index is 0.623. The quantitative estimate of drug-likeness (QED) is 0.680. The van der Waals surface area contributed by atoms with Crippen LogP contribution in [-0.4, -0.2) is 4.98 Å². The molecule has 0 radical (unpaired) electrons. The molecule has 1 heterocycles. The van der Waals surface area contributed by atoms with E-state index in [0.29, 0.717) is 5.13 Å². The van der Waals surface area contributed by atoms with Crippen molar-refractivity contribution in [3.05, 3.63) is 34.8 Å². The Morgan fingerprint density at radius 1 is 1.13 bits per heavy atom. The van der Waals surface area contributed by atoms with Gasteiger partial charge in [-0.3, -0.25) is 0 Å². The van der Waals surface area contributed by atoms with Gasteiger partial charge in [-0.1, -0.05) is 45.5 Å². The molecule has 74 valence electrons. The Balaban J connectivity index is 2.59. The molecule has 1 aromatic heterocycles. The molecule has 0 spiro atoms. The summed E-state index contributed by atoms with van der Waals surface area (Å²) in [7, 11) is 0. The third kappa shape index (κ3) is 1.33. The topological polar surface area (TPSA) is 38.9 Å². The SMILES string of the molecule is Nc1nc2c(ccc3c(Br)cccc32)s1. The van der Waals surface area contributed by atoms with Crippen LogP contribution in [0.2, 0.25) is 0 Å². The first-order valence-electron chi connectivity index (χ1n) is 4.49. The second-order valence-electron chi connectivity index (χ2n) is 3.30. The molecule has 4 heteroatoms. The monoisotopic (exact) mass is 278 g/mol. The maximum Gasteiger partial charge on any atom is 0.181 e. The van der Waals surface area contributed by atoms with Crippen molar-refractivity contribution in [2.24, 2.45) is 0 Å². The Kier molecular flexibility index (Phi) is 1.94. The molecule has 0 aliphatic rings. The summed E-state index contributed by atoms with van der Waals surface area (Å²) in [6, 6.07) is 10.3. The van der Waals surface area contributed by atoms with E-state index >= 15 is 0 Å². The zero-order valence-corrected chi connectivity index (χ0v) is 10.1. The number of aromatic nitrogens is 1. The summed E-state index contributed by atoms with van der Waals surface area (Å²) in [6.45, 7) is 0. The van der Waals surface area contributed by atoms with Crippen molar-refractivity contribution in [2.75, 3.05) is 5.73 Å². The number of nitrogens with zero attached hydrogens (tertiary/aromatic N) is 1. The van der Waals surface area contributed by atoms with Crippen LogP contribution >= 0.6 is 27.3 Å². The largest absolute Gasteiger partial charge is 0.375 e. The molecule has 15 heavy (non-hydrogen) atoms. The van der Waals surface area contributed by atoms with Gasteiger partial charge in [-0.15, -0.1) is 0 Å². The van der Waals surface area contributed by atoms with Crippen LogP contribution in [0.5, 0.6) is 0 Å². The van der Waals surface area contributed by atoms with Gasteiger partial charge in [-0.25, -0.2) is 4.98 Å². The van der Waals surface area contributed by atoms with Crippen LogP contribution < -0.4 is 5.73 Å². The van der Waals surface area contributed by atoms with Gasteiger partial charge in [0.25, 0.3) is 0 Å². The number of thiazole rings is 1. The van der Waals surface area contributed by atoms with Crippen LogP contribution in [0.1, 0.15) is 0 Å². The normalized spacial score (nSPS) is 11.3. The second kappa shape index (κ2) is 3.18. The fourth-order valence-electron chi connectivity index (χ4n) is 1.73. The molecule has 0 aliphatic carbocycles. The van der Waals surface area contributed by atoms with Crippen molar-refractivity contribution in [3.63, 3.8) is 0 Å². The molecule has 0 saturated heterocycles. The molecule has 3 aromatic rings. The molecule has 0 aliphatic heterocycles. The number of hydrogen-bond donors (Lipinski definition) is 1. The predicted octanol–water partition coefficient (Wildman–Crippen LogP) is 3.79. The Morgan fingerprint density at radius 3 is 2.87 bits per heavy atom. The highest BCUT2D eigenvalue weighted by atomic mass is 79.9. The van der Waals surface area contributed by atoms with Crippen molar-refractivity contribution in [1.29, 1.82) is 0 Å². The van der Waals surface area contributed by atoms with Crippen molar-refractivity contribution in [3.8, 4) is 0 Å². The van der Waals surface area contributed by atoms with Crippen LogP contribution in [0.3, 0.4) is 0 Å². The molecule has 0 unspecified atom stereocenters. The fourth-order valence-corrected chi connectivity index (χ4v) is 2.98. The fraction of sp³-hybridized carbons (Fsp3) is 0. The summed E-state index contributed by atoms with van der Waals surface area (Å²) in [5.74, 6) is 0. The Morgan fingerprint density at radius 2 is 2.00 bits per heavy atom. The molecular weight excluding hydrogens is 272 g/mol. The van der Waals surface area contributed by atoms with Crippen LogP contribution in [0, 0.1) is 0 Å². The lowest BCUT2D eigenvalue weighted by molar-refractivity contribution is 1.51. The number of anilines is 1. The summed E-state index contributed by atoms with van der Waals surface area (Å²) in [5, 5.41) is 2.95. The molecule has 2 nitrogen and oxygen atoms in total. The lowest BCUT2D eigenvalue weighted by atomic mass is 10.1. The van der Waals surface area contributed by atoms with Crippen LogP contribution in [0.4, 0.5) is 5.13 Å². The van der Waals surface area contributed by atoms with E-state index in [1.165, 1.54) is 16.7 Å². The number of benzene rings is 2. The standard InChI is InChI=1S/C11H7BrN2S/c12-8-3-1-2-7-6(8)4-5-9-10(7)14-11(13)15-9/h1-5H,(H2,13,14). The summed E-state index contributed by atoms with van der Waals surface area (Å²) in [4.78, 5) is 4.36. The summed E-state index contributed by atoms with van der Waals surface area (Å²) in [6.07, 6.45) is 0. The van der Waals surface area contributed by atoms with Crippen molar-refractivity contribution < 1.29 is 0 Å². The van der Waals surface area contributed by atoms with Crippen molar-refractivity contribution in [1.82, 2.24) is 4.98 Å². The molecule has 0 amide bonds. The number of nitrogen functional groups attached to an aromatic ring is 1. The van der Waals surface area contributed by atoms with Crippen molar-refractivity contribution >= 4 is 53.4 Å². The number of halogens is 1. The molecule has 0 bridgehead atoms. The van der Waals surface area contributed by atoms with Gasteiger partial charge < -0.3 is 5.73 Å². The highest BCUT2D eigenvalue weighted by molar-refractivity contribution is 9.10. The highest BCUT2D eigenvalue weighted by Gasteiger charge is 2.06. The first-order valence-corrected chi connectivity index (χ1v) is 6.10. The second-order valence-corrected chi connectivity index (χ2v) is 5.22. The molecule has 0 saturated carbocycles. The lowest BCUT2D eigenvalue weighted by Crippen LogP contribution is -1.80. The average Bonchev–Trinajstić information content (AvgIpc) is 2.59.